The summed E-state index contributed by atoms with van der Waals surface area (Å²) in [5.74, 6) is -1.00. The summed E-state index contributed by atoms with van der Waals surface area (Å²) < 4.78 is 7.10. The number of aliphatic carboxylic acids is 1. The van der Waals surface area contributed by atoms with Gasteiger partial charge in [-0.05, 0) is 43.5 Å². The highest BCUT2D eigenvalue weighted by atomic mass is 16.5. The third kappa shape index (κ3) is 5.91. The van der Waals surface area contributed by atoms with Crippen LogP contribution in [0.1, 0.15) is 24.6 Å². The van der Waals surface area contributed by atoms with Crippen LogP contribution in [-0.4, -0.2) is 39.9 Å². The lowest BCUT2D eigenvalue weighted by molar-refractivity contribution is -0.141. The maximum absolute atomic E-state index is 12.0. The zero-order valence-electron chi connectivity index (χ0n) is 15.1. The largest absolute Gasteiger partial charge is 0.494 e. The molecule has 0 radical (unpaired) electrons. The normalized spacial score (nSPS) is 11.8. The highest BCUT2D eigenvalue weighted by Crippen LogP contribution is 2.15. The molecule has 1 atom stereocenters. The second-order valence-electron chi connectivity index (χ2n) is 6.07. The van der Waals surface area contributed by atoms with E-state index in [2.05, 4.69) is 10.4 Å². The van der Waals surface area contributed by atoms with Gasteiger partial charge in [-0.1, -0.05) is 12.1 Å². The number of aromatic nitrogens is 2. The summed E-state index contributed by atoms with van der Waals surface area (Å²) >= 11 is 0. The lowest BCUT2D eigenvalue weighted by Crippen LogP contribution is -2.34. The van der Waals surface area contributed by atoms with Crippen molar-refractivity contribution in [3.05, 3.63) is 47.8 Å². The van der Waals surface area contributed by atoms with Gasteiger partial charge in [0.1, 0.15) is 5.75 Å². The topological polar surface area (TPSA) is 93.5 Å². The van der Waals surface area contributed by atoms with E-state index < -0.39 is 11.9 Å². The number of nitrogens with zero attached hydrogens (tertiary/aromatic N) is 2. The molecule has 0 aliphatic rings. The minimum Gasteiger partial charge on any atom is -0.494 e. The van der Waals surface area contributed by atoms with Gasteiger partial charge >= 0.3 is 5.97 Å². The third-order valence-electron chi connectivity index (χ3n) is 4.14. The molecule has 7 heteroatoms. The Kier molecular flexibility index (Phi) is 7.20. The maximum Gasteiger partial charge on any atom is 0.308 e. The SMILES string of the molecule is CCOc1ccc(CC(CNC(=O)CCc2ccnn2C)C(=O)O)cc1. The summed E-state index contributed by atoms with van der Waals surface area (Å²) in [5, 5.41) is 16.2. The van der Waals surface area contributed by atoms with E-state index in [1.54, 1.807) is 10.9 Å². The van der Waals surface area contributed by atoms with E-state index in [9.17, 15) is 14.7 Å². The second-order valence-corrected chi connectivity index (χ2v) is 6.07. The standard InChI is InChI=1S/C19H25N3O4/c1-3-26-17-7-4-14(5-8-17)12-15(19(24)25)13-20-18(23)9-6-16-10-11-21-22(16)2/h4-5,7-8,10-11,15H,3,6,9,12-13H2,1-2H3,(H,20,23)(H,24,25). The summed E-state index contributed by atoms with van der Waals surface area (Å²) in [7, 11) is 1.82. The van der Waals surface area contributed by atoms with Gasteiger partial charge in [0, 0.05) is 31.9 Å². The summed E-state index contributed by atoms with van der Waals surface area (Å²) in [6, 6.07) is 9.21. The number of carbonyl (C=O) groups excluding carboxylic acids is 1. The Morgan fingerprint density at radius 1 is 1.27 bits per heavy atom. The third-order valence-corrected chi connectivity index (χ3v) is 4.14. The molecule has 1 amide bonds. The van der Waals surface area contributed by atoms with E-state index in [-0.39, 0.29) is 12.5 Å². The lowest BCUT2D eigenvalue weighted by atomic mass is 9.99. The van der Waals surface area contributed by atoms with E-state index in [1.807, 2.05) is 44.3 Å². The number of carboxylic acid groups (broad SMARTS) is 1. The van der Waals surface area contributed by atoms with E-state index in [0.29, 0.717) is 25.9 Å². The average molecular weight is 359 g/mol. The molecule has 0 fully saturated rings. The van der Waals surface area contributed by atoms with Crippen LogP contribution < -0.4 is 10.1 Å². The predicted octanol–water partition coefficient (Wildman–Crippen LogP) is 1.81. The number of benzene rings is 1. The van der Waals surface area contributed by atoms with Gasteiger partial charge < -0.3 is 15.2 Å². The van der Waals surface area contributed by atoms with E-state index >= 15 is 0 Å². The first-order chi connectivity index (χ1) is 12.5. The van der Waals surface area contributed by atoms with Crippen molar-refractivity contribution in [2.45, 2.75) is 26.2 Å². The summed E-state index contributed by atoms with van der Waals surface area (Å²) in [4.78, 5) is 23.5. The van der Waals surface area contributed by atoms with E-state index in [4.69, 9.17) is 4.74 Å². The van der Waals surface area contributed by atoms with Crippen molar-refractivity contribution in [2.24, 2.45) is 13.0 Å². The average Bonchev–Trinajstić information content (AvgIpc) is 3.03. The molecule has 2 rings (SSSR count). The number of hydrogen-bond donors (Lipinski definition) is 2. The number of ether oxygens (including phenoxy) is 1. The zero-order valence-corrected chi connectivity index (χ0v) is 15.1. The van der Waals surface area contributed by atoms with Crippen LogP contribution in [0.5, 0.6) is 5.75 Å². The Hall–Kier alpha value is -2.83. The number of carboxylic acids is 1. The number of rotatable bonds is 10. The number of amides is 1. The second kappa shape index (κ2) is 9.60. The van der Waals surface area contributed by atoms with Crippen molar-refractivity contribution >= 4 is 11.9 Å². The molecule has 0 saturated carbocycles. The zero-order chi connectivity index (χ0) is 18.9. The van der Waals surface area contributed by atoms with Gasteiger partial charge in [-0.2, -0.15) is 5.10 Å². The van der Waals surface area contributed by atoms with Gasteiger partial charge in [0.2, 0.25) is 5.91 Å². The van der Waals surface area contributed by atoms with Crippen LogP contribution in [0, 0.1) is 5.92 Å². The molecular formula is C19H25N3O4. The van der Waals surface area contributed by atoms with Crippen molar-refractivity contribution in [3.8, 4) is 5.75 Å². The van der Waals surface area contributed by atoms with Crippen LogP contribution in [0.15, 0.2) is 36.5 Å². The minimum atomic E-state index is -0.925. The van der Waals surface area contributed by atoms with Crippen molar-refractivity contribution in [1.82, 2.24) is 15.1 Å². The van der Waals surface area contributed by atoms with Gasteiger partial charge in [0.25, 0.3) is 0 Å². The van der Waals surface area contributed by atoms with Crippen molar-refractivity contribution in [1.29, 1.82) is 0 Å². The van der Waals surface area contributed by atoms with Crippen LogP contribution in [0.2, 0.25) is 0 Å². The molecule has 26 heavy (non-hydrogen) atoms. The van der Waals surface area contributed by atoms with Crippen LogP contribution in [0.3, 0.4) is 0 Å². The Balaban J connectivity index is 1.82. The van der Waals surface area contributed by atoms with Crippen molar-refractivity contribution in [3.63, 3.8) is 0 Å². The van der Waals surface area contributed by atoms with Crippen LogP contribution >= 0.6 is 0 Å². The summed E-state index contributed by atoms with van der Waals surface area (Å²) in [5.41, 5.74) is 1.86. The van der Waals surface area contributed by atoms with Crippen molar-refractivity contribution in [2.75, 3.05) is 13.2 Å². The number of carbonyl (C=O) groups is 2. The molecule has 7 nitrogen and oxygen atoms in total. The van der Waals surface area contributed by atoms with Crippen LogP contribution in [-0.2, 0) is 29.5 Å². The van der Waals surface area contributed by atoms with Gasteiger partial charge in [-0.3, -0.25) is 14.3 Å². The highest BCUT2D eigenvalue weighted by Gasteiger charge is 2.19. The molecule has 140 valence electrons. The molecular weight excluding hydrogens is 334 g/mol. The molecule has 2 N–H and O–H groups in total. The molecule has 0 aliphatic carbocycles. The van der Waals surface area contributed by atoms with Gasteiger partial charge in [0.15, 0.2) is 0 Å². The van der Waals surface area contributed by atoms with Crippen LogP contribution in [0.25, 0.3) is 0 Å². The fraction of sp³-hybridized carbons (Fsp3) is 0.421. The molecule has 0 saturated heterocycles. The van der Waals surface area contributed by atoms with Crippen LogP contribution in [0.4, 0.5) is 0 Å². The smallest absolute Gasteiger partial charge is 0.308 e. The monoisotopic (exact) mass is 359 g/mol. The molecule has 1 aromatic heterocycles. The molecule has 0 spiro atoms. The molecule has 0 aliphatic heterocycles. The first-order valence-corrected chi connectivity index (χ1v) is 8.67. The van der Waals surface area contributed by atoms with Gasteiger partial charge in [-0.15, -0.1) is 0 Å². The first kappa shape index (κ1) is 19.5. The Morgan fingerprint density at radius 2 is 2.00 bits per heavy atom. The summed E-state index contributed by atoms with van der Waals surface area (Å²) in [6.07, 6.45) is 2.90. The molecule has 2 aromatic rings. The number of hydrogen-bond acceptors (Lipinski definition) is 4. The number of aryl methyl sites for hydroxylation is 2. The Labute approximate surface area is 153 Å². The van der Waals surface area contributed by atoms with E-state index in [1.165, 1.54) is 0 Å². The summed E-state index contributed by atoms with van der Waals surface area (Å²) in [6.45, 7) is 2.60. The van der Waals surface area contributed by atoms with E-state index in [0.717, 1.165) is 17.0 Å². The fourth-order valence-electron chi connectivity index (χ4n) is 2.63. The predicted molar refractivity (Wildman–Crippen MR) is 97.0 cm³/mol. The molecule has 1 unspecified atom stereocenters. The maximum atomic E-state index is 12.0. The minimum absolute atomic E-state index is 0.104. The fourth-order valence-corrected chi connectivity index (χ4v) is 2.63. The Bertz CT molecular complexity index is 725. The molecule has 0 bridgehead atoms. The lowest BCUT2D eigenvalue weighted by Gasteiger charge is -2.14. The molecule has 1 heterocycles. The Morgan fingerprint density at radius 3 is 2.58 bits per heavy atom. The number of nitrogens with one attached hydrogen (secondary N) is 1. The first-order valence-electron chi connectivity index (χ1n) is 8.67. The molecule has 1 aromatic carbocycles. The highest BCUT2D eigenvalue weighted by molar-refractivity contribution is 5.77. The van der Waals surface area contributed by atoms with Gasteiger partial charge in [0.05, 0.1) is 12.5 Å². The van der Waals surface area contributed by atoms with Crippen molar-refractivity contribution < 1.29 is 19.4 Å². The quantitative estimate of drug-likeness (QED) is 0.675. The van der Waals surface area contributed by atoms with Gasteiger partial charge in [-0.25, -0.2) is 0 Å².